The van der Waals surface area contributed by atoms with Gasteiger partial charge in [-0.05, 0) is 48.7 Å². The number of hydrogen-bond acceptors (Lipinski definition) is 5. The van der Waals surface area contributed by atoms with Gasteiger partial charge in [0.2, 0.25) is 0 Å². The summed E-state index contributed by atoms with van der Waals surface area (Å²) < 4.78 is 20.2. The average molecular weight is 428 g/mol. The molecule has 1 saturated heterocycles. The van der Waals surface area contributed by atoms with E-state index >= 15 is 0 Å². The SMILES string of the molecule is CCc1ccc2nc(N(CCCN3CCOCC3)C(=O)c3cccc(F)c3)sc2c1. The predicted molar refractivity (Wildman–Crippen MR) is 119 cm³/mol. The number of morpholine rings is 1. The standard InChI is InChI=1S/C23H26FN3O2S/c1-2-17-7-8-20-21(15-17)30-23(25-20)27(10-4-9-26-11-13-29-14-12-26)22(28)18-5-3-6-19(24)16-18/h3,5-8,15-16H,2,4,9-14H2,1H3. The molecule has 7 heteroatoms. The van der Waals surface area contributed by atoms with Crippen LogP contribution in [0.4, 0.5) is 9.52 Å². The van der Waals surface area contributed by atoms with Crippen LogP contribution in [0.5, 0.6) is 0 Å². The maximum Gasteiger partial charge on any atom is 0.260 e. The molecule has 0 N–H and O–H groups in total. The van der Waals surface area contributed by atoms with Crippen molar-refractivity contribution in [1.29, 1.82) is 0 Å². The van der Waals surface area contributed by atoms with Gasteiger partial charge in [-0.1, -0.05) is 30.4 Å². The number of nitrogens with zero attached hydrogens (tertiary/aromatic N) is 3. The third-order valence-electron chi connectivity index (χ3n) is 5.36. The van der Waals surface area contributed by atoms with Crippen molar-refractivity contribution in [1.82, 2.24) is 9.88 Å². The van der Waals surface area contributed by atoms with E-state index in [4.69, 9.17) is 9.72 Å². The summed E-state index contributed by atoms with van der Waals surface area (Å²) >= 11 is 1.51. The molecule has 0 atom stereocenters. The van der Waals surface area contributed by atoms with Gasteiger partial charge in [-0.25, -0.2) is 9.37 Å². The highest BCUT2D eigenvalue weighted by molar-refractivity contribution is 7.22. The van der Waals surface area contributed by atoms with Crippen molar-refractivity contribution in [2.45, 2.75) is 19.8 Å². The largest absolute Gasteiger partial charge is 0.379 e. The van der Waals surface area contributed by atoms with Crippen LogP contribution in [0.25, 0.3) is 10.2 Å². The summed E-state index contributed by atoms with van der Waals surface area (Å²) in [5, 5.41) is 0.662. The van der Waals surface area contributed by atoms with Gasteiger partial charge in [0.15, 0.2) is 5.13 Å². The molecule has 2 heterocycles. The summed E-state index contributed by atoms with van der Waals surface area (Å²) in [4.78, 5) is 22.0. The third kappa shape index (κ3) is 4.86. The van der Waals surface area contributed by atoms with E-state index in [1.807, 2.05) is 6.07 Å². The van der Waals surface area contributed by atoms with E-state index in [-0.39, 0.29) is 5.91 Å². The molecule has 0 aliphatic carbocycles. The summed E-state index contributed by atoms with van der Waals surface area (Å²) in [5.74, 6) is -0.628. The normalized spacial score (nSPS) is 14.9. The van der Waals surface area contributed by atoms with Gasteiger partial charge in [-0.2, -0.15) is 0 Å². The molecule has 1 fully saturated rings. The molecule has 0 radical (unpaired) electrons. The molecule has 1 aliphatic rings. The first-order valence-electron chi connectivity index (χ1n) is 10.4. The van der Waals surface area contributed by atoms with E-state index < -0.39 is 5.82 Å². The Hall–Kier alpha value is -2.35. The Labute approximate surface area is 180 Å². The number of carbonyl (C=O) groups is 1. The third-order valence-corrected chi connectivity index (χ3v) is 6.40. The highest BCUT2D eigenvalue weighted by atomic mass is 32.1. The number of thiazole rings is 1. The number of carbonyl (C=O) groups excluding carboxylic acids is 1. The lowest BCUT2D eigenvalue weighted by Crippen LogP contribution is -2.39. The second-order valence-corrected chi connectivity index (χ2v) is 8.44. The van der Waals surface area contributed by atoms with Crippen molar-refractivity contribution in [2.24, 2.45) is 0 Å². The van der Waals surface area contributed by atoms with Crippen LogP contribution in [0.1, 0.15) is 29.3 Å². The van der Waals surface area contributed by atoms with Crippen LogP contribution >= 0.6 is 11.3 Å². The number of fused-ring (bicyclic) bond motifs is 1. The maximum absolute atomic E-state index is 13.7. The number of ether oxygens (including phenoxy) is 1. The van der Waals surface area contributed by atoms with Gasteiger partial charge in [0.1, 0.15) is 5.82 Å². The summed E-state index contributed by atoms with van der Waals surface area (Å²) in [5.41, 5.74) is 2.47. The van der Waals surface area contributed by atoms with Crippen LogP contribution in [0.3, 0.4) is 0 Å². The number of aryl methyl sites for hydroxylation is 1. The molecular formula is C23H26FN3O2S. The molecule has 0 saturated carbocycles. The lowest BCUT2D eigenvalue weighted by atomic mass is 10.2. The molecule has 3 aromatic rings. The van der Waals surface area contributed by atoms with Crippen molar-refractivity contribution in [3.63, 3.8) is 0 Å². The Bertz CT molecular complexity index is 1020. The van der Waals surface area contributed by atoms with Crippen LogP contribution in [0.15, 0.2) is 42.5 Å². The highest BCUT2D eigenvalue weighted by Crippen LogP contribution is 2.31. The molecule has 0 bridgehead atoms. The Balaban J connectivity index is 1.58. The number of hydrogen-bond donors (Lipinski definition) is 0. The smallest absolute Gasteiger partial charge is 0.260 e. The highest BCUT2D eigenvalue weighted by Gasteiger charge is 2.22. The second-order valence-electron chi connectivity index (χ2n) is 7.43. The predicted octanol–water partition coefficient (Wildman–Crippen LogP) is 4.37. The van der Waals surface area contributed by atoms with E-state index in [9.17, 15) is 9.18 Å². The van der Waals surface area contributed by atoms with Gasteiger partial charge in [0.25, 0.3) is 5.91 Å². The number of rotatable bonds is 7. The van der Waals surface area contributed by atoms with E-state index in [0.29, 0.717) is 17.2 Å². The van der Waals surface area contributed by atoms with Crippen molar-refractivity contribution in [2.75, 3.05) is 44.3 Å². The zero-order chi connectivity index (χ0) is 20.9. The molecular weight excluding hydrogens is 401 g/mol. The maximum atomic E-state index is 13.7. The lowest BCUT2D eigenvalue weighted by molar-refractivity contribution is 0.0376. The first-order valence-corrected chi connectivity index (χ1v) is 11.2. The van der Waals surface area contributed by atoms with Crippen LogP contribution < -0.4 is 4.90 Å². The fourth-order valence-corrected chi connectivity index (χ4v) is 4.68. The first-order chi connectivity index (χ1) is 14.6. The van der Waals surface area contributed by atoms with Gasteiger partial charge in [0.05, 0.1) is 23.4 Å². The molecule has 0 unspecified atom stereocenters. The van der Waals surface area contributed by atoms with E-state index in [0.717, 1.165) is 55.9 Å². The van der Waals surface area contributed by atoms with Crippen molar-refractivity contribution in [3.05, 3.63) is 59.4 Å². The molecule has 5 nitrogen and oxygen atoms in total. The number of benzene rings is 2. The topological polar surface area (TPSA) is 45.7 Å². The molecule has 1 aliphatic heterocycles. The quantitative estimate of drug-likeness (QED) is 0.562. The molecule has 1 aromatic heterocycles. The number of aromatic nitrogens is 1. The number of halogens is 1. The zero-order valence-electron chi connectivity index (χ0n) is 17.1. The number of anilines is 1. The Kier molecular flexibility index (Phi) is 6.72. The molecule has 30 heavy (non-hydrogen) atoms. The van der Waals surface area contributed by atoms with Crippen molar-refractivity contribution < 1.29 is 13.9 Å². The van der Waals surface area contributed by atoms with Crippen molar-refractivity contribution in [3.8, 4) is 0 Å². The summed E-state index contributed by atoms with van der Waals surface area (Å²) in [6.07, 6.45) is 1.77. The second kappa shape index (κ2) is 9.64. The van der Waals surface area contributed by atoms with E-state index in [1.165, 1.54) is 29.0 Å². The van der Waals surface area contributed by atoms with Gasteiger partial charge in [0, 0.05) is 31.7 Å². The fourth-order valence-electron chi connectivity index (χ4n) is 3.63. The zero-order valence-corrected chi connectivity index (χ0v) is 18.0. The monoisotopic (exact) mass is 427 g/mol. The van der Waals surface area contributed by atoms with E-state index in [2.05, 4.69) is 24.0 Å². The molecule has 158 valence electrons. The van der Waals surface area contributed by atoms with Crippen LogP contribution in [0, 0.1) is 5.82 Å². The van der Waals surface area contributed by atoms with E-state index in [1.54, 1.807) is 17.0 Å². The first kappa shape index (κ1) is 20.9. The molecule has 0 spiro atoms. The summed E-state index contributed by atoms with van der Waals surface area (Å²) in [7, 11) is 0. The molecule has 4 rings (SSSR count). The molecule has 2 aromatic carbocycles. The fraction of sp³-hybridized carbons (Fsp3) is 0.391. The van der Waals surface area contributed by atoms with Gasteiger partial charge in [-0.15, -0.1) is 0 Å². The minimum Gasteiger partial charge on any atom is -0.379 e. The van der Waals surface area contributed by atoms with Gasteiger partial charge >= 0.3 is 0 Å². The average Bonchev–Trinajstić information content (AvgIpc) is 3.20. The lowest BCUT2D eigenvalue weighted by Gasteiger charge is -2.27. The van der Waals surface area contributed by atoms with Crippen LogP contribution in [-0.4, -0.2) is 55.2 Å². The van der Waals surface area contributed by atoms with Gasteiger partial charge in [-0.3, -0.25) is 14.6 Å². The van der Waals surface area contributed by atoms with Gasteiger partial charge < -0.3 is 4.74 Å². The van der Waals surface area contributed by atoms with Crippen LogP contribution in [-0.2, 0) is 11.2 Å². The summed E-state index contributed by atoms with van der Waals surface area (Å²) in [6.45, 7) is 6.88. The minimum atomic E-state index is -0.411. The molecule has 1 amide bonds. The number of amides is 1. The minimum absolute atomic E-state index is 0.216. The Morgan fingerprint density at radius 3 is 2.83 bits per heavy atom. The Morgan fingerprint density at radius 2 is 2.07 bits per heavy atom. The Morgan fingerprint density at radius 1 is 1.23 bits per heavy atom. The van der Waals surface area contributed by atoms with Crippen LogP contribution in [0.2, 0.25) is 0 Å². The van der Waals surface area contributed by atoms with Crippen molar-refractivity contribution >= 4 is 32.6 Å². The summed E-state index contributed by atoms with van der Waals surface area (Å²) in [6, 6.07) is 12.1.